The first-order chi connectivity index (χ1) is 11.2. The summed E-state index contributed by atoms with van der Waals surface area (Å²) in [7, 11) is 3.14. The number of hydrogen-bond acceptors (Lipinski definition) is 5. The third kappa shape index (κ3) is 2.65. The maximum atomic E-state index is 9.53. The largest absolute Gasteiger partial charge is 0.497 e. The van der Waals surface area contributed by atoms with Crippen molar-refractivity contribution in [3.63, 3.8) is 0 Å². The molecule has 0 bridgehead atoms. The Morgan fingerprint density at radius 1 is 1.04 bits per heavy atom. The number of rotatable bonds is 3. The summed E-state index contributed by atoms with van der Waals surface area (Å²) in [6, 6.07) is 14.9. The molecular weight excluding hydrogens is 310 g/mol. The summed E-state index contributed by atoms with van der Waals surface area (Å²) in [5, 5.41) is 10.3. The molecule has 5 heteroatoms. The zero-order valence-electron chi connectivity index (χ0n) is 12.6. The Morgan fingerprint density at radius 3 is 2.30 bits per heavy atom. The molecule has 0 atom stereocenters. The standard InChI is InChI=1S/C18H13NO3S/c1-20-12-7-11(8-13(9-12)21-2)17-15(10-19)18(23)14-5-3-4-6-16(14)22-17/h3-9H,1-2H3. The topological polar surface area (TPSA) is 55.4 Å². The summed E-state index contributed by atoms with van der Waals surface area (Å²) in [6.45, 7) is 0. The lowest BCUT2D eigenvalue weighted by molar-refractivity contribution is 0.394. The first-order valence-corrected chi connectivity index (χ1v) is 7.28. The van der Waals surface area contributed by atoms with E-state index in [1.165, 1.54) is 0 Å². The van der Waals surface area contributed by atoms with Crippen LogP contribution in [0.4, 0.5) is 0 Å². The first kappa shape index (κ1) is 15.1. The Balaban J connectivity index is 2.36. The fourth-order valence-electron chi connectivity index (χ4n) is 2.39. The van der Waals surface area contributed by atoms with Gasteiger partial charge >= 0.3 is 0 Å². The van der Waals surface area contributed by atoms with Gasteiger partial charge in [-0.3, -0.25) is 0 Å². The highest BCUT2D eigenvalue weighted by Crippen LogP contribution is 2.34. The van der Waals surface area contributed by atoms with Gasteiger partial charge in [0.05, 0.1) is 18.7 Å². The van der Waals surface area contributed by atoms with Crippen molar-refractivity contribution in [3.05, 3.63) is 52.5 Å². The molecule has 2 aromatic carbocycles. The second kappa shape index (κ2) is 6.11. The number of nitrogens with zero attached hydrogens (tertiary/aromatic N) is 1. The van der Waals surface area contributed by atoms with E-state index in [-0.39, 0.29) is 0 Å². The van der Waals surface area contributed by atoms with Crippen LogP contribution in [0.15, 0.2) is 46.9 Å². The molecule has 23 heavy (non-hydrogen) atoms. The van der Waals surface area contributed by atoms with Crippen molar-refractivity contribution in [2.75, 3.05) is 14.2 Å². The highest BCUT2D eigenvalue weighted by atomic mass is 32.1. The number of ether oxygens (including phenoxy) is 2. The molecule has 0 saturated heterocycles. The quantitative estimate of drug-likeness (QED) is 0.653. The summed E-state index contributed by atoms with van der Waals surface area (Å²) in [5.41, 5.74) is 1.64. The monoisotopic (exact) mass is 323 g/mol. The number of hydrogen-bond donors (Lipinski definition) is 0. The molecule has 0 aliphatic carbocycles. The molecule has 0 aliphatic heterocycles. The third-order valence-corrected chi connectivity index (χ3v) is 3.95. The van der Waals surface area contributed by atoms with Gasteiger partial charge in [-0.2, -0.15) is 5.26 Å². The van der Waals surface area contributed by atoms with Crippen molar-refractivity contribution in [1.29, 1.82) is 5.26 Å². The van der Waals surface area contributed by atoms with Crippen LogP contribution in [0.5, 0.6) is 11.5 Å². The molecular formula is C18H13NO3S. The Kier molecular flexibility index (Phi) is 4.00. The van der Waals surface area contributed by atoms with Gasteiger partial charge in [-0.1, -0.05) is 24.4 Å². The van der Waals surface area contributed by atoms with Crippen molar-refractivity contribution in [3.8, 4) is 28.9 Å². The van der Waals surface area contributed by atoms with E-state index in [1.54, 1.807) is 32.4 Å². The SMILES string of the molecule is COc1cc(OC)cc(-c2oc3ccccc3c(=S)c2C#N)c1. The van der Waals surface area contributed by atoms with Crippen molar-refractivity contribution >= 4 is 23.2 Å². The van der Waals surface area contributed by atoms with Gasteiger partial charge in [0.1, 0.15) is 28.7 Å². The van der Waals surface area contributed by atoms with E-state index in [9.17, 15) is 5.26 Å². The summed E-state index contributed by atoms with van der Waals surface area (Å²) in [6.07, 6.45) is 0. The molecule has 1 heterocycles. The number of methoxy groups -OCH3 is 2. The Morgan fingerprint density at radius 2 is 1.70 bits per heavy atom. The lowest BCUT2D eigenvalue weighted by Crippen LogP contribution is -1.92. The Labute approximate surface area is 138 Å². The summed E-state index contributed by atoms with van der Waals surface area (Å²) in [5.74, 6) is 1.63. The average molecular weight is 323 g/mol. The average Bonchev–Trinajstić information content (AvgIpc) is 2.61. The second-order valence-electron chi connectivity index (χ2n) is 4.84. The third-order valence-electron chi connectivity index (χ3n) is 3.52. The van der Waals surface area contributed by atoms with E-state index >= 15 is 0 Å². The maximum absolute atomic E-state index is 9.53. The van der Waals surface area contributed by atoms with Gasteiger partial charge < -0.3 is 13.9 Å². The molecule has 4 nitrogen and oxygen atoms in total. The van der Waals surface area contributed by atoms with Crippen molar-refractivity contribution in [2.24, 2.45) is 0 Å². The fraction of sp³-hybridized carbons (Fsp3) is 0.111. The van der Waals surface area contributed by atoms with Crippen molar-refractivity contribution in [2.45, 2.75) is 0 Å². The summed E-state index contributed by atoms with van der Waals surface area (Å²) < 4.78 is 17.0. The van der Waals surface area contributed by atoms with E-state index in [0.29, 0.717) is 38.5 Å². The molecule has 0 aliphatic rings. The smallest absolute Gasteiger partial charge is 0.154 e. The van der Waals surface area contributed by atoms with Gasteiger partial charge in [0.15, 0.2) is 5.76 Å². The van der Waals surface area contributed by atoms with Crippen LogP contribution in [0, 0.1) is 15.8 Å². The lowest BCUT2D eigenvalue weighted by Gasteiger charge is -2.10. The van der Waals surface area contributed by atoms with Crippen LogP contribution >= 0.6 is 12.2 Å². The molecule has 0 N–H and O–H groups in total. The van der Waals surface area contributed by atoms with E-state index in [0.717, 1.165) is 5.39 Å². The minimum absolute atomic E-state index is 0.328. The predicted octanol–water partition coefficient (Wildman–Crippen LogP) is 4.72. The highest BCUT2D eigenvalue weighted by molar-refractivity contribution is 7.71. The number of nitriles is 1. The molecule has 0 fully saturated rings. The minimum atomic E-state index is 0.328. The molecule has 0 spiro atoms. The minimum Gasteiger partial charge on any atom is -0.497 e. The van der Waals surface area contributed by atoms with Crippen LogP contribution in [-0.2, 0) is 0 Å². The van der Waals surface area contributed by atoms with Gasteiger partial charge in [0.2, 0.25) is 0 Å². The fourth-order valence-corrected chi connectivity index (χ4v) is 2.69. The lowest BCUT2D eigenvalue weighted by atomic mass is 10.1. The second-order valence-corrected chi connectivity index (χ2v) is 5.25. The van der Waals surface area contributed by atoms with Crippen LogP contribution in [0.2, 0.25) is 0 Å². The van der Waals surface area contributed by atoms with Gasteiger partial charge in [-0.05, 0) is 24.3 Å². The Hall–Kier alpha value is -2.84. The zero-order chi connectivity index (χ0) is 16.4. The maximum Gasteiger partial charge on any atom is 0.154 e. The van der Waals surface area contributed by atoms with Gasteiger partial charge in [0, 0.05) is 17.0 Å². The van der Waals surface area contributed by atoms with Crippen LogP contribution < -0.4 is 9.47 Å². The number of para-hydroxylation sites is 1. The van der Waals surface area contributed by atoms with Gasteiger partial charge in [-0.25, -0.2) is 0 Å². The van der Waals surface area contributed by atoms with Crippen LogP contribution in [0.25, 0.3) is 22.3 Å². The molecule has 0 amide bonds. The molecule has 3 aromatic rings. The number of fused-ring (bicyclic) bond motifs is 1. The van der Waals surface area contributed by atoms with Crippen LogP contribution in [-0.4, -0.2) is 14.2 Å². The molecule has 0 radical (unpaired) electrons. The molecule has 114 valence electrons. The first-order valence-electron chi connectivity index (χ1n) is 6.87. The van der Waals surface area contributed by atoms with Gasteiger partial charge in [-0.15, -0.1) is 0 Å². The van der Waals surface area contributed by atoms with E-state index in [1.807, 2.05) is 24.3 Å². The normalized spacial score (nSPS) is 10.3. The molecule has 0 saturated carbocycles. The summed E-state index contributed by atoms with van der Waals surface area (Å²) >= 11 is 5.46. The molecule has 3 rings (SSSR count). The zero-order valence-corrected chi connectivity index (χ0v) is 13.4. The molecule has 0 unspecified atom stereocenters. The van der Waals surface area contributed by atoms with E-state index in [4.69, 9.17) is 26.1 Å². The van der Waals surface area contributed by atoms with E-state index in [2.05, 4.69) is 6.07 Å². The van der Waals surface area contributed by atoms with Crippen molar-refractivity contribution in [1.82, 2.24) is 0 Å². The van der Waals surface area contributed by atoms with Gasteiger partial charge in [0.25, 0.3) is 0 Å². The van der Waals surface area contributed by atoms with Crippen LogP contribution in [0.1, 0.15) is 5.56 Å². The van der Waals surface area contributed by atoms with Crippen molar-refractivity contribution < 1.29 is 13.9 Å². The number of benzene rings is 2. The Bertz CT molecular complexity index is 963. The molecule has 1 aromatic heterocycles. The van der Waals surface area contributed by atoms with Crippen LogP contribution in [0.3, 0.4) is 0 Å². The highest BCUT2D eigenvalue weighted by Gasteiger charge is 2.15. The summed E-state index contributed by atoms with van der Waals surface area (Å²) in [4.78, 5) is 0. The van der Waals surface area contributed by atoms with E-state index < -0.39 is 0 Å². The predicted molar refractivity (Wildman–Crippen MR) is 90.3 cm³/mol.